The molecule has 3 aromatic carbocycles. The fourth-order valence-electron chi connectivity index (χ4n) is 3.45. The van der Waals surface area contributed by atoms with Crippen molar-refractivity contribution in [1.29, 1.82) is 0 Å². The average Bonchev–Trinajstić information content (AvgIpc) is 2.74. The van der Waals surface area contributed by atoms with Crippen molar-refractivity contribution in [3.8, 4) is 22.6 Å². The molecule has 34 heavy (non-hydrogen) atoms. The molecule has 0 fully saturated rings. The maximum atomic E-state index is 14.2. The van der Waals surface area contributed by atoms with Crippen molar-refractivity contribution < 1.29 is 21.9 Å². The Balaban J connectivity index is 1.87. The highest BCUT2D eigenvalue weighted by molar-refractivity contribution is 7.92. The summed E-state index contributed by atoms with van der Waals surface area (Å²) in [5.74, 6) is -1.72. The molecular weight excluding hydrogens is 464 g/mol. The highest BCUT2D eigenvalue weighted by atomic mass is 32.2. The summed E-state index contributed by atoms with van der Waals surface area (Å²) in [7, 11) is -3.56. The molecule has 0 radical (unpaired) electrons. The summed E-state index contributed by atoms with van der Waals surface area (Å²) >= 11 is 0. The Morgan fingerprint density at radius 1 is 1.00 bits per heavy atom. The van der Waals surface area contributed by atoms with Crippen molar-refractivity contribution in [2.45, 2.75) is 19.8 Å². The van der Waals surface area contributed by atoms with Crippen LogP contribution in [0.25, 0.3) is 22.2 Å². The lowest BCUT2D eigenvalue weighted by atomic mass is 10.0. The number of ether oxygens (including phenoxy) is 1. The van der Waals surface area contributed by atoms with Crippen molar-refractivity contribution >= 4 is 26.7 Å². The van der Waals surface area contributed by atoms with Gasteiger partial charge in [0, 0.05) is 23.2 Å². The number of fused-ring (bicyclic) bond motifs is 1. The Morgan fingerprint density at radius 3 is 2.41 bits per heavy atom. The van der Waals surface area contributed by atoms with Crippen LogP contribution in [0, 0.1) is 11.6 Å². The normalized spacial score (nSPS) is 11.7. The molecule has 1 aromatic heterocycles. The van der Waals surface area contributed by atoms with Crippen LogP contribution in [0.3, 0.4) is 0 Å². The van der Waals surface area contributed by atoms with Crippen LogP contribution in [-0.4, -0.2) is 24.6 Å². The third kappa shape index (κ3) is 5.07. The first kappa shape index (κ1) is 23.4. The van der Waals surface area contributed by atoms with Crippen LogP contribution in [0.2, 0.25) is 0 Å². The number of rotatable bonds is 6. The smallest absolute Gasteiger partial charge is 0.270 e. The summed E-state index contributed by atoms with van der Waals surface area (Å²) in [6, 6.07) is 12.5. The van der Waals surface area contributed by atoms with Gasteiger partial charge in [-0.15, -0.1) is 0 Å². The molecule has 4 rings (SSSR count). The number of aromatic amines is 1. The molecule has 4 aromatic rings. The molecule has 0 bridgehead atoms. The van der Waals surface area contributed by atoms with Crippen LogP contribution in [-0.2, 0) is 10.0 Å². The van der Waals surface area contributed by atoms with E-state index in [1.165, 1.54) is 24.3 Å². The molecule has 7 nitrogen and oxygen atoms in total. The van der Waals surface area contributed by atoms with Gasteiger partial charge < -0.3 is 9.72 Å². The predicted octanol–water partition coefficient (Wildman–Crippen LogP) is 5.16. The fourth-order valence-corrected chi connectivity index (χ4v) is 4.01. The summed E-state index contributed by atoms with van der Waals surface area (Å²) < 4.78 is 59.2. The van der Waals surface area contributed by atoms with Crippen LogP contribution < -0.4 is 15.0 Å². The highest BCUT2D eigenvalue weighted by Crippen LogP contribution is 2.37. The maximum Gasteiger partial charge on any atom is 0.270 e. The third-order valence-corrected chi connectivity index (χ3v) is 5.58. The van der Waals surface area contributed by atoms with Gasteiger partial charge >= 0.3 is 0 Å². The number of halogens is 2. The molecule has 176 valence electrons. The minimum Gasteiger partial charge on any atom is -0.454 e. The molecule has 0 unspecified atom stereocenters. The molecule has 0 spiro atoms. The van der Waals surface area contributed by atoms with Crippen LogP contribution in [0.5, 0.6) is 11.5 Å². The second-order valence-electron chi connectivity index (χ2n) is 8.10. The molecule has 10 heteroatoms. The van der Waals surface area contributed by atoms with E-state index in [0.29, 0.717) is 33.9 Å². The summed E-state index contributed by atoms with van der Waals surface area (Å²) in [5.41, 5.74) is 2.42. The van der Waals surface area contributed by atoms with E-state index >= 15 is 0 Å². The second-order valence-corrected chi connectivity index (χ2v) is 9.85. The van der Waals surface area contributed by atoms with E-state index in [1.54, 1.807) is 18.2 Å². The van der Waals surface area contributed by atoms with Crippen molar-refractivity contribution in [3.05, 3.63) is 82.3 Å². The number of H-pyrrole nitrogens is 1. The first-order valence-corrected chi connectivity index (χ1v) is 12.2. The fraction of sp³-hybridized carbons (Fsp3) is 0.167. The van der Waals surface area contributed by atoms with Crippen molar-refractivity contribution in [1.82, 2.24) is 9.97 Å². The van der Waals surface area contributed by atoms with E-state index in [-0.39, 0.29) is 28.7 Å². The summed E-state index contributed by atoms with van der Waals surface area (Å²) in [4.78, 5) is 19.5. The Labute approximate surface area is 194 Å². The molecule has 1 heterocycles. The summed E-state index contributed by atoms with van der Waals surface area (Å²) in [6.07, 6.45) is 1.02. The number of anilines is 1. The highest BCUT2D eigenvalue weighted by Gasteiger charge is 2.15. The van der Waals surface area contributed by atoms with Crippen LogP contribution in [0.15, 0.2) is 59.4 Å². The van der Waals surface area contributed by atoms with Gasteiger partial charge in [0.2, 0.25) is 10.0 Å². The lowest BCUT2D eigenvalue weighted by molar-refractivity contribution is 0.439. The first-order chi connectivity index (χ1) is 16.0. The van der Waals surface area contributed by atoms with Crippen molar-refractivity contribution in [2.24, 2.45) is 0 Å². The number of nitrogens with one attached hydrogen (secondary N) is 2. The van der Waals surface area contributed by atoms with Gasteiger partial charge in [-0.05, 0) is 48.0 Å². The minimum atomic E-state index is -3.56. The molecule has 0 saturated carbocycles. The van der Waals surface area contributed by atoms with E-state index in [1.807, 2.05) is 13.8 Å². The molecule has 0 aliphatic rings. The van der Waals surface area contributed by atoms with Crippen molar-refractivity contribution in [2.75, 3.05) is 11.0 Å². The Morgan fingerprint density at radius 2 is 1.74 bits per heavy atom. The quantitative estimate of drug-likeness (QED) is 0.393. The van der Waals surface area contributed by atoms with Crippen molar-refractivity contribution in [3.63, 3.8) is 0 Å². The van der Waals surface area contributed by atoms with E-state index in [4.69, 9.17) is 4.74 Å². The van der Waals surface area contributed by atoms with Crippen LogP contribution in [0.1, 0.15) is 25.5 Å². The molecule has 0 saturated heterocycles. The minimum absolute atomic E-state index is 0.0977. The molecular formula is C24H21F2N3O4S. The first-order valence-electron chi connectivity index (χ1n) is 10.3. The maximum absolute atomic E-state index is 14.2. The molecule has 0 amide bonds. The standard InChI is InChI=1S/C24H21F2N3O4S/c1-13(2)23-24(30)28-19-7-4-14(10-20(19)27-23)17-12-16(29-34(3,31)32)6-9-21(17)33-22-8-5-15(25)11-18(22)26/h4-13,29H,1-3H3,(H,28,30). The number of nitrogens with zero attached hydrogens (tertiary/aromatic N) is 1. The number of sulfonamides is 1. The van der Waals surface area contributed by atoms with Crippen LogP contribution in [0.4, 0.5) is 14.5 Å². The van der Waals surface area contributed by atoms with E-state index < -0.39 is 21.7 Å². The lowest BCUT2D eigenvalue weighted by Crippen LogP contribution is -2.16. The second kappa shape index (κ2) is 8.86. The molecule has 0 atom stereocenters. The van der Waals surface area contributed by atoms with Gasteiger partial charge in [-0.25, -0.2) is 22.2 Å². The Bertz CT molecular complexity index is 1570. The van der Waals surface area contributed by atoms with E-state index in [9.17, 15) is 22.0 Å². The third-order valence-electron chi connectivity index (χ3n) is 4.97. The zero-order valence-corrected chi connectivity index (χ0v) is 19.3. The lowest BCUT2D eigenvalue weighted by Gasteiger charge is -2.15. The monoisotopic (exact) mass is 485 g/mol. The number of hydrogen-bond donors (Lipinski definition) is 2. The SMILES string of the molecule is CC(C)c1nc2cc(-c3cc(NS(C)(=O)=O)ccc3Oc3ccc(F)cc3F)ccc2[nH]c1=O. The number of hydrogen-bond acceptors (Lipinski definition) is 5. The molecule has 2 N–H and O–H groups in total. The summed E-state index contributed by atoms with van der Waals surface area (Å²) in [6.45, 7) is 3.72. The topological polar surface area (TPSA) is 101 Å². The Kier molecular flexibility index (Phi) is 6.09. The largest absolute Gasteiger partial charge is 0.454 e. The zero-order valence-electron chi connectivity index (χ0n) is 18.5. The molecule has 0 aliphatic heterocycles. The molecule has 0 aliphatic carbocycles. The van der Waals surface area contributed by atoms with Gasteiger partial charge in [-0.3, -0.25) is 9.52 Å². The van der Waals surface area contributed by atoms with Gasteiger partial charge in [-0.2, -0.15) is 0 Å². The predicted molar refractivity (Wildman–Crippen MR) is 127 cm³/mol. The van der Waals surface area contributed by atoms with Gasteiger partial charge in [0.15, 0.2) is 11.6 Å². The van der Waals surface area contributed by atoms with Gasteiger partial charge in [0.05, 0.1) is 17.3 Å². The number of aromatic nitrogens is 2. The van der Waals surface area contributed by atoms with Gasteiger partial charge in [-0.1, -0.05) is 19.9 Å². The van der Waals surface area contributed by atoms with Gasteiger partial charge in [0.25, 0.3) is 5.56 Å². The van der Waals surface area contributed by atoms with E-state index in [0.717, 1.165) is 12.3 Å². The number of benzene rings is 3. The zero-order chi connectivity index (χ0) is 24.6. The van der Waals surface area contributed by atoms with E-state index in [2.05, 4.69) is 14.7 Å². The Hall–Kier alpha value is -3.79. The summed E-state index contributed by atoms with van der Waals surface area (Å²) in [5, 5.41) is 0. The average molecular weight is 486 g/mol. The van der Waals surface area contributed by atoms with Gasteiger partial charge in [0.1, 0.15) is 17.3 Å². The van der Waals surface area contributed by atoms with Crippen LogP contribution >= 0.6 is 0 Å².